The second kappa shape index (κ2) is 9.34. The van der Waals surface area contributed by atoms with Crippen molar-refractivity contribution in [3.8, 4) is 0 Å². The number of esters is 1. The molecule has 0 spiro atoms. The fraction of sp³-hybridized carbons (Fsp3) is 0.350. The number of benzene rings is 1. The van der Waals surface area contributed by atoms with Crippen molar-refractivity contribution in [1.29, 1.82) is 0 Å². The Kier molecular flexibility index (Phi) is 7.16. The second-order valence-corrected chi connectivity index (χ2v) is 6.67. The van der Waals surface area contributed by atoms with Crippen LogP contribution in [0.15, 0.2) is 36.4 Å². The van der Waals surface area contributed by atoms with E-state index >= 15 is 0 Å². The van der Waals surface area contributed by atoms with Crippen molar-refractivity contribution < 1.29 is 14.3 Å². The molecule has 26 heavy (non-hydrogen) atoms. The molecule has 1 aromatic carbocycles. The number of ether oxygens (including phenoxy) is 1. The Morgan fingerprint density at radius 2 is 1.92 bits per heavy atom. The molecular weight excluding hydrogens is 352 g/mol. The summed E-state index contributed by atoms with van der Waals surface area (Å²) in [5.74, 6) is -0.986. The van der Waals surface area contributed by atoms with Crippen molar-refractivity contribution in [2.24, 2.45) is 0 Å². The normalized spacial score (nSPS) is 11.7. The number of aromatic nitrogens is 1. The topological polar surface area (TPSA) is 68.3 Å². The van der Waals surface area contributed by atoms with E-state index in [0.29, 0.717) is 11.3 Å². The first-order valence-corrected chi connectivity index (χ1v) is 8.88. The van der Waals surface area contributed by atoms with Crippen LogP contribution >= 0.6 is 11.6 Å². The number of hydrogen-bond donors (Lipinski definition) is 1. The number of aryl methyl sites for hydroxylation is 3. The van der Waals surface area contributed by atoms with Crippen LogP contribution in [-0.4, -0.2) is 29.5 Å². The van der Waals surface area contributed by atoms with Crippen molar-refractivity contribution in [2.75, 3.05) is 6.61 Å². The first kappa shape index (κ1) is 19.9. The minimum atomic E-state index is -0.646. The smallest absolute Gasteiger partial charge is 0.342 e. The third-order valence-corrected chi connectivity index (χ3v) is 4.23. The van der Waals surface area contributed by atoms with Gasteiger partial charge in [-0.25, -0.2) is 9.78 Å². The van der Waals surface area contributed by atoms with Crippen LogP contribution in [0.2, 0.25) is 5.15 Å². The molecule has 0 aliphatic rings. The lowest BCUT2D eigenvalue weighted by molar-refractivity contribution is -0.124. The predicted octanol–water partition coefficient (Wildman–Crippen LogP) is 3.65. The Balaban J connectivity index is 1.80. The third-order valence-electron chi connectivity index (χ3n) is 3.96. The van der Waals surface area contributed by atoms with Gasteiger partial charge in [0.25, 0.3) is 5.91 Å². The van der Waals surface area contributed by atoms with Gasteiger partial charge in [-0.3, -0.25) is 4.79 Å². The van der Waals surface area contributed by atoms with Crippen LogP contribution in [0, 0.1) is 13.8 Å². The van der Waals surface area contributed by atoms with Crippen molar-refractivity contribution in [3.05, 3.63) is 63.9 Å². The van der Waals surface area contributed by atoms with E-state index in [1.165, 1.54) is 5.56 Å². The van der Waals surface area contributed by atoms with Gasteiger partial charge in [-0.1, -0.05) is 41.9 Å². The van der Waals surface area contributed by atoms with E-state index in [-0.39, 0.29) is 29.3 Å². The molecule has 1 N–H and O–H groups in total. The van der Waals surface area contributed by atoms with Gasteiger partial charge < -0.3 is 10.1 Å². The quantitative estimate of drug-likeness (QED) is 0.593. The number of rotatable bonds is 7. The summed E-state index contributed by atoms with van der Waals surface area (Å²) in [6.45, 7) is 5.12. The molecule has 0 unspecified atom stereocenters. The molecule has 1 atom stereocenters. The van der Waals surface area contributed by atoms with Crippen LogP contribution < -0.4 is 5.32 Å². The highest BCUT2D eigenvalue weighted by molar-refractivity contribution is 6.32. The highest BCUT2D eigenvalue weighted by Crippen LogP contribution is 2.19. The van der Waals surface area contributed by atoms with Gasteiger partial charge in [-0.15, -0.1) is 0 Å². The summed E-state index contributed by atoms with van der Waals surface area (Å²) in [6.07, 6.45) is 1.67. The van der Waals surface area contributed by atoms with Gasteiger partial charge in [0.05, 0.1) is 5.56 Å². The summed E-state index contributed by atoms with van der Waals surface area (Å²) in [7, 11) is 0. The van der Waals surface area contributed by atoms with Gasteiger partial charge in [-0.2, -0.15) is 0 Å². The minimum absolute atomic E-state index is 0.0206. The van der Waals surface area contributed by atoms with Crippen LogP contribution in [0.25, 0.3) is 0 Å². The van der Waals surface area contributed by atoms with Gasteiger partial charge in [0.1, 0.15) is 5.15 Å². The second-order valence-electron chi connectivity index (χ2n) is 6.32. The van der Waals surface area contributed by atoms with Gasteiger partial charge in [0, 0.05) is 11.7 Å². The van der Waals surface area contributed by atoms with Crippen molar-refractivity contribution in [2.45, 2.75) is 39.7 Å². The van der Waals surface area contributed by atoms with E-state index < -0.39 is 5.97 Å². The number of pyridine rings is 1. The molecule has 0 fully saturated rings. The van der Waals surface area contributed by atoms with Gasteiger partial charge in [0.2, 0.25) is 0 Å². The number of carbonyl (C=O) groups excluding carboxylic acids is 2. The maximum atomic E-state index is 12.2. The van der Waals surface area contributed by atoms with Crippen LogP contribution in [0.1, 0.15) is 40.5 Å². The number of nitrogens with one attached hydrogen (secondary N) is 1. The molecule has 0 aliphatic heterocycles. The summed E-state index contributed by atoms with van der Waals surface area (Å²) in [5, 5.41) is 2.92. The molecular formula is C20H23ClN2O3. The molecule has 1 heterocycles. The lowest BCUT2D eigenvalue weighted by Gasteiger charge is -2.14. The molecule has 0 saturated carbocycles. The highest BCUT2D eigenvalue weighted by atomic mass is 35.5. The van der Waals surface area contributed by atoms with Crippen LogP contribution in [0.4, 0.5) is 0 Å². The SMILES string of the molecule is Cc1cc(C)c(C(=O)OCC(=O)N[C@@H](C)CCc2ccccc2)c(Cl)n1. The monoisotopic (exact) mass is 374 g/mol. The van der Waals surface area contributed by atoms with Crippen LogP contribution in [0.5, 0.6) is 0 Å². The molecule has 138 valence electrons. The van der Waals surface area contributed by atoms with Crippen molar-refractivity contribution in [1.82, 2.24) is 10.3 Å². The summed E-state index contributed by atoms with van der Waals surface area (Å²) >= 11 is 6.02. The van der Waals surface area contributed by atoms with Gasteiger partial charge in [0.15, 0.2) is 6.61 Å². The van der Waals surface area contributed by atoms with Crippen molar-refractivity contribution in [3.63, 3.8) is 0 Å². The number of amides is 1. The number of nitrogens with zero attached hydrogens (tertiary/aromatic N) is 1. The van der Waals surface area contributed by atoms with E-state index in [0.717, 1.165) is 12.8 Å². The average Bonchev–Trinajstić information content (AvgIpc) is 2.58. The molecule has 0 aliphatic carbocycles. The molecule has 2 aromatic rings. The van der Waals surface area contributed by atoms with E-state index in [9.17, 15) is 9.59 Å². The summed E-state index contributed by atoms with van der Waals surface area (Å²) < 4.78 is 5.08. The van der Waals surface area contributed by atoms with Gasteiger partial charge >= 0.3 is 5.97 Å². The van der Waals surface area contributed by atoms with Gasteiger partial charge in [-0.05, 0) is 50.8 Å². The zero-order chi connectivity index (χ0) is 19.1. The minimum Gasteiger partial charge on any atom is -0.452 e. The molecule has 6 heteroatoms. The number of carbonyl (C=O) groups is 2. The number of halogens is 1. The maximum absolute atomic E-state index is 12.2. The Bertz CT molecular complexity index is 755. The van der Waals surface area contributed by atoms with Crippen molar-refractivity contribution >= 4 is 23.5 Å². The van der Waals surface area contributed by atoms with Crippen LogP contribution in [0.3, 0.4) is 0 Å². The predicted molar refractivity (Wildman–Crippen MR) is 101 cm³/mol. The molecule has 5 nitrogen and oxygen atoms in total. The first-order valence-electron chi connectivity index (χ1n) is 8.51. The average molecular weight is 375 g/mol. The highest BCUT2D eigenvalue weighted by Gasteiger charge is 2.18. The molecule has 1 amide bonds. The maximum Gasteiger partial charge on any atom is 0.342 e. The standard InChI is InChI=1S/C20H23ClN2O3/c1-13-11-15(3)23-19(21)18(13)20(25)26-12-17(24)22-14(2)9-10-16-7-5-4-6-8-16/h4-8,11,14H,9-10,12H2,1-3H3,(H,22,24)/t14-/m0/s1. The first-order chi connectivity index (χ1) is 12.4. The van der Waals surface area contributed by atoms with Crippen LogP contribution in [-0.2, 0) is 16.0 Å². The van der Waals surface area contributed by atoms with E-state index in [2.05, 4.69) is 22.4 Å². The largest absolute Gasteiger partial charge is 0.452 e. The Morgan fingerprint density at radius 1 is 1.23 bits per heavy atom. The Labute approximate surface area is 158 Å². The molecule has 2 rings (SSSR count). The summed E-state index contributed by atoms with van der Waals surface area (Å²) in [4.78, 5) is 28.2. The lowest BCUT2D eigenvalue weighted by atomic mass is 10.1. The molecule has 0 radical (unpaired) electrons. The zero-order valence-electron chi connectivity index (χ0n) is 15.2. The lowest BCUT2D eigenvalue weighted by Crippen LogP contribution is -2.36. The Morgan fingerprint density at radius 3 is 2.58 bits per heavy atom. The molecule has 0 saturated heterocycles. The zero-order valence-corrected chi connectivity index (χ0v) is 16.0. The van der Waals surface area contributed by atoms with E-state index in [1.807, 2.05) is 25.1 Å². The number of hydrogen-bond acceptors (Lipinski definition) is 4. The fourth-order valence-electron chi connectivity index (χ4n) is 2.66. The molecule has 1 aromatic heterocycles. The molecule has 0 bridgehead atoms. The fourth-order valence-corrected chi connectivity index (χ4v) is 3.02. The third kappa shape index (κ3) is 5.85. The summed E-state index contributed by atoms with van der Waals surface area (Å²) in [5.41, 5.74) is 2.80. The summed E-state index contributed by atoms with van der Waals surface area (Å²) in [6, 6.07) is 11.8. The van der Waals surface area contributed by atoms with E-state index in [4.69, 9.17) is 16.3 Å². The van der Waals surface area contributed by atoms with E-state index in [1.54, 1.807) is 19.9 Å². The Hall–Kier alpha value is -2.40.